The van der Waals surface area contributed by atoms with Crippen molar-refractivity contribution in [1.82, 2.24) is 15.3 Å². The molecule has 2 aromatic heterocycles. The lowest BCUT2D eigenvalue weighted by molar-refractivity contribution is 0.0946. The fraction of sp³-hybridized carbons (Fsp3) is 0.308. The van der Waals surface area contributed by atoms with Crippen molar-refractivity contribution in [2.75, 3.05) is 0 Å². The highest BCUT2D eigenvalue weighted by molar-refractivity contribution is 7.09. The number of aromatic nitrogens is 2. The van der Waals surface area contributed by atoms with Crippen molar-refractivity contribution < 1.29 is 4.79 Å². The molecule has 2 heterocycles. The Morgan fingerprint density at radius 2 is 2.37 bits per heavy atom. The minimum absolute atomic E-state index is 0.146. The molecule has 100 valence electrons. The van der Waals surface area contributed by atoms with Crippen LogP contribution in [0.4, 0.5) is 0 Å². The topological polar surface area (TPSA) is 80.9 Å². The van der Waals surface area contributed by atoms with E-state index in [1.165, 1.54) is 11.3 Å². The summed E-state index contributed by atoms with van der Waals surface area (Å²) in [6.45, 7) is 4.28. The summed E-state index contributed by atoms with van der Waals surface area (Å²) in [6.07, 6.45) is 3.49. The summed E-state index contributed by atoms with van der Waals surface area (Å²) in [5.74, 6) is -0.189. The molecule has 0 aromatic carbocycles. The van der Waals surface area contributed by atoms with Gasteiger partial charge in [0.2, 0.25) is 0 Å². The highest BCUT2D eigenvalue weighted by atomic mass is 32.1. The number of hydrogen-bond acceptors (Lipinski definition) is 5. The third-order valence-corrected chi connectivity index (χ3v) is 3.78. The molecule has 3 N–H and O–H groups in total. The molecule has 1 unspecified atom stereocenters. The van der Waals surface area contributed by atoms with E-state index in [9.17, 15) is 4.79 Å². The predicted molar refractivity (Wildman–Crippen MR) is 74.9 cm³/mol. The SMILES string of the molecule is Cc1ccncc1CNC(=O)c1csc(C(C)N)n1. The maximum Gasteiger partial charge on any atom is 0.271 e. The van der Waals surface area contributed by atoms with E-state index in [2.05, 4.69) is 15.3 Å². The second kappa shape index (κ2) is 5.90. The number of carbonyl (C=O) groups is 1. The van der Waals surface area contributed by atoms with Crippen LogP contribution in [0.25, 0.3) is 0 Å². The van der Waals surface area contributed by atoms with Crippen molar-refractivity contribution >= 4 is 17.2 Å². The van der Waals surface area contributed by atoms with E-state index >= 15 is 0 Å². The number of nitrogens with one attached hydrogen (secondary N) is 1. The fourth-order valence-electron chi connectivity index (χ4n) is 1.55. The maximum absolute atomic E-state index is 11.9. The first kappa shape index (κ1) is 13.6. The molecule has 0 aliphatic rings. The van der Waals surface area contributed by atoms with Crippen molar-refractivity contribution in [2.45, 2.75) is 26.4 Å². The van der Waals surface area contributed by atoms with Crippen molar-refractivity contribution in [1.29, 1.82) is 0 Å². The molecule has 0 aliphatic heterocycles. The largest absolute Gasteiger partial charge is 0.347 e. The van der Waals surface area contributed by atoms with Gasteiger partial charge in [0, 0.05) is 24.3 Å². The molecule has 1 atom stereocenters. The van der Waals surface area contributed by atoms with Crippen LogP contribution in [-0.2, 0) is 6.54 Å². The van der Waals surface area contributed by atoms with Gasteiger partial charge in [-0.3, -0.25) is 9.78 Å². The van der Waals surface area contributed by atoms with E-state index in [-0.39, 0.29) is 11.9 Å². The lowest BCUT2D eigenvalue weighted by Gasteiger charge is -2.05. The Labute approximate surface area is 115 Å². The molecule has 6 heteroatoms. The van der Waals surface area contributed by atoms with Crippen molar-refractivity contribution in [3.05, 3.63) is 45.7 Å². The van der Waals surface area contributed by atoms with Gasteiger partial charge in [-0.15, -0.1) is 11.3 Å². The van der Waals surface area contributed by atoms with E-state index in [1.54, 1.807) is 17.8 Å². The molecule has 0 saturated carbocycles. The molecular formula is C13H16N4OS. The Balaban J connectivity index is 1.99. The Kier molecular flexibility index (Phi) is 4.24. The number of hydrogen-bond donors (Lipinski definition) is 2. The summed E-state index contributed by atoms with van der Waals surface area (Å²) in [5.41, 5.74) is 8.24. The number of carbonyl (C=O) groups excluding carboxylic acids is 1. The third-order valence-electron chi connectivity index (χ3n) is 2.73. The van der Waals surface area contributed by atoms with E-state index in [4.69, 9.17) is 5.73 Å². The highest BCUT2D eigenvalue weighted by Crippen LogP contribution is 2.15. The molecule has 2 rings (SSSR count). The predicted octanol–water partition coefficient (Wildman–Crippen LogP) is 1.80. The van der Waals surface area contributed by atoms with Crippen molar-refractivity contribution in [2.24, 2.45) is 5.73 Å². The van der Waals surface area contributed by atoms with Crippen LogP contribution in [0.3, 0.4) is 0 Å². The average Bonchev–Trinajstić information content (AvgIpc) is 2.87. The average molecular weight is 276 g/mol. The normalized spacial score (nSPS) is 12.2. The van der Waals surface area contributed by atoms with Crippen molar-refractivity contribution in [3.8, 4) is 0 Å². The number of thiazole rings is 1. The van der Waals surface area contributed by atoms with Crippen LogP contribution in [0.2, 0.25) is 0 Å². The molecule has 0 saturated heterocycles. The van der Waals surface area contributed by atoms with Crippen LogP contribution in [0.15, 0.2) is 23.8 Å². The molecule has 0 radical (unpaired) electrons. The number of amides is 1. The van der Waals surface area contributed by atoms with E-state index in [0.29, 0.717) is 12.2 Å². The van der Waals surface area contributed by atoms with Gasteiger partial charge in [0.15, 0.2) is 0 Å². The number of pyridine rings is 1. The molecule has 19 heavy (non-hydrogen) atoms. The fourth-order valence-corrected chi connectivity index (χ4v) is 2.31. The summed E-state index contributed by atoms with van der Waals surface area (Å²) in [7, 11) is 0. The summed E-state index contributed by atoms with van der Waals surface area (Å²) in [5, 5.41) is 5.33. The molecule has 2 aromatic rings. The monoisotopic (exact) mass is 276 g/mol. The number of rotatable bonds is 4. The van der Waals surface area contributed by atoms with Crippen molar-refractivity contribution in [3.63, 3.8) is 0 Å². The van der Waals surface area contributed by atoms with Gasteiger partial charge in [-0.1, -0.05) is 0 Å². The van der Waals surface area contributed by atoms with E-state index in [1.807, 2.05) is 19.9 Å². The standard InChI is InChI=1S/C13H16N4OS/c1-8-3-4-15-5-10(8)6-16-12(18)11-7-19-13(17-11)9(2)14/h3-5,7,9H,6,14H2,1-2H3,(H,16,18). The third kappa shape index (κ3) is 3.36. The smallest absolute Gasteiger partial charge is 0.271 e. The summed E-state index contributed by atoms with van der Waals surface area (Å²) in [6, 6.07) is 1.77. The molecule has 0 spiro atoms. The Bertz CT molecular complexity index is 580. The van der Waals surface area contributed by atoms with E-state index < -0.39 is 0 Å². The number of nitrogens with zero attached hydrogens (tertiary/aromatic N) is 2. The lowest BCUT2D eigenvalue weighted by Crippen LogP contribution is -2.23. The van der Waals surface area contributed by atoms with Crippen LogP contribution < -0.4 is 11.1 Å². The molecular weight excluding hydrogens is 260 g/mol. The van der Waals surface area contributed by atoms with Gasteiger partial charge >= 0.3 is 0 Å². The van der Waals surface area contributed by atoms with Gasteiger partial charge < -0.3 is 11.1 Å². The molecule has 0 bridgehead atoms. The van der Waals surface area contributed by atoms with Gasteiger partial charge in [-0.25, -0.2) is 4.98 Å². The zero-order valence-electron chi connectivity index (χ0n) is 10.9. The van der Waals surface area contributed by atoms with Gasteiger partial charge in [0.25, 0.3) is 5.91 Å². The van der Waals surface area contributed by atoms with Crippen LogP contribution in [0, 0.1) is 6.92 Å². The summed E-state index contributed by atoms with van der Waals surface area (Å²) >= 11 is 1.40. The van der Waals surface area contributed by atoms with Gasteiger partial charge in [0.1, 0.15) is 10.7 Å². The zero-order valence-corrected chi connectivity index (χ0v) is 11.7. The quantitative estimate of drug-likeness (QED) is 0.892. The van der Waals surface area contributed by atoms with Crippen LogP contribution in [0.5, 0.6) is 0 Å². The number of nitrogens with two attached hydrogens (primary N) is 1. The minimum atomic E-state index is -0.189. The minimum Gasteiger partial charge on any atom is -0.347 e. The molecule has 0 fully saturated rings. The Morgan fingerprint density at radius 3 is 3.00 bits per heavy atom. The van der Waals surface area contributed by atoms with Gasteiger partial charge in [-0.05, 0) is 31.0 Å². The number of aryl methyl sites for hydroxylation is 1. The van der Waals surface area contributed by atoms with E-state index in [0.717, 1.165) is 16.1 Å². The lowest BCUT2D eigenvalue weighted by atomic mass is 10.1. The van der Waals surface area contributed by atoms with Crippen LogP contribution in [0.1, 0.15) is 39.6 Å². The molecule has 0 aliphatic carbocycles. The summed E-state index contributed by atoms with van der Waals surface area (Å²) in [4.78, 5) is 20.2. The zero-order chi connectivity index (χ0) is 13.8. The maximum atomic E-state index is 11.9. The first-order valence-corrected chi connectivity index (χ1v) is 6.84. The highest BCUT2D eigenvalue weighted by Gasteiger charge is 2.12. The summed E-state index contributed by atoms with van der Waals surface area (Å²) < 4.78 is 0. The van der Waals surface area contributed by atoms with Gasteiger partial charge in [-0.2, -0.15) is 0 Å². The Hall–Kier alpha value is -1.79. The first-order chi connectivity index (χ1) is 9.08. The Morgan fingerprint density at radius 1 is 1.58 bits per heavy atom. The second-order valence-corrected chi connectivity index (χ2v) is 5.23. The molecule has 5 nitrogen and oxygen atoms in total. The molecule has 1 amide bonds. The van der Waals surface area contributed by atoms with Crippen LogP contribution >= 0.6 is 11.3 Å². The second-order valence-electron chi connectivity index (χ2n) is 4.34. The van der Waals surface area contributed by atoms with Crippen LogP contribution in [-0.4, -0.2) is 15.9 Å². The van der Waals surface area contributed by atoms with Gasteiger partial charge in [0.05, 0.1) is 6.04 Å². The first-order valence-electron chi connectivity index (χ1n) is 5.96.